The molecule has 0 atom stereocenters. The van der Waals surface area contributed by atoms with Crippen molar-refractivity contribution in [3.05, 3.63) is 83.7 Å². The summed E-state index contributed by atoms with van der Waals surface area (Å²) in [5.74, 6) is -0.00226. The van der Waals surface area contributed by atoms with Crippen molar-refractivity contribution in [2.45, 2.75) is 12.7 Å². The van der Waals surface area contributed by atoms with E-state index in [0.29, 0.717) is 15.8 Å². The third-order valence-electron chi connectivity index (χ3n) is 4.69. The van der Waals surface area contributed by atoms with E-state index in [9.17, 15) is 18.0 Å². The molecule has 2 aromatic carbocycles. The first kappa shape index (κ1) is 20.4. The van der Waals surface area contributed by atoms with Crippen LogP contribution in [0.5, 0.6) is 5.75 Å². The third-order valence-corrected chi connectivity index (χ3v) is 4.69. The van der Waals surface area contributed by atoms with Crippen LogP contribution in [0, 0.1) is 0 Å². The topological polar surface area (TPSA) is 68.5 Å². The number of methoxy groups -OCH3 is 1. The molecule has 4 aromatic rings. The molecule has 0 saturated heterocycles. The quantitative estimate of drug-likeness (QED) is 0.515. The van der Waals surface area contributed by atoms with Gasteiger partial charge in [0.2, 0.25) is 0 Å². The number of hydrogen-bond acceptors (Lipinski definition) is 4. The van der Waals surface area contributed by atoms with Gasteiger partial charge in [-0.05, 0) is 35.9 Å². The maximum atomic E-state index is 13.7. The Morgan fingerprint density at radius 1 is 1.10 bits per heavy atom. The van der Waals surface area contributed by atoms with Crippen molar-refractivity contribution < 1.29 is 22.7 Å². The van der Waals surface area contributed by atoms with E-state index in [-0.39, 0.29) is 23.4 Å². The molecule has 2 heterocycles. The number of carbonyl (C=O) groups excluding carboxylic acids is 1. The number of carbonyl (C=O) groups is 1. The van der Waals surface area contributed by atoms with Crippen LogP contribution in [0.25, 0.3) is 16.9 Å². The SMILES string of the molecule is COc1ccc(-c2cc(C(F)(F)F)n3ncc(C(=O)NCc4ccccc4)c3n2)cc1. The zero-order valence-corrected chi connectivity index (χ0v) is 16.3. The fourth-order valence-electron chi connectivity index (χ4n) is 3.11. The minimum absolute atomic E-state index is 0.0446. The summed E-state index contributed by atoms with van der Waals surface area (Å²) in [5, 5.41) is 6.47. The number of amides is 1. The van der Waals surface area contributed by atoms with Gasteiger partial charge < -0.3 is 10.1 Å². The average Bonchev–Trinajstić information content (AvgIpc) is 3.21. The van der Waals surface area contributed by atoms with Gasteiger partial charge in [-0.2, -0.15) is 18.3 Å². The van der Waals surface area contributed by atoms with Crippen LogP contribution in [-0.4, -0.2) is 27.6 Å². The van der Waals surface area contributed by atoms with Crippen LogP contribution < -0.4 is 10.1 Å². The van der Waals surface area contributed by atoms with Crippen LogP contribution in [0.1, 0.15) is 21.6 Å². The lowest BCUT2D eigenvalue weighted by molar-refractivity contribution is -0.142. The Morgan fingerprint density at radius 3 is 2.45 bits per heavy atom. The van der Waals surface area contributed by atoms with Gasteiger partial charge in [0.15, 0.2) is 11.3 Å². The van der Waals surface area contributed by atoms with Crippen LogP contribution in [-0.2, 0) is 12.7 Å². The van der Waals surface area contributed by atoms with E-state index in [2.05, 4.69) is 15.4 Å². The molecule has 0 saturated carbocycles. The van der Waals surface area contributed by atoms with E-state index in [1.165, 1.54) is 7.11 Å². The predicted octanol–water partition coefficient (Wildman–Crippen LogP) is 4.35. The van der Waals surface area contributed by atoms with E-state index >= 15 is 0 Å². The summed E-state index contributed by atoms with van der Waals surface area (Å²) in [6.07, 6.45) is -3.60. The minimum Gasteiger partial charge on any atom is -0.497 e. The second kappa shape index (κ2) is 8.10. The van der Waals surface area contributed by atoms with E-state index in [1.807, 2.05) is 30.3 Å². The Kier molecular flexibility index (Phi) is 5.33. The van der Waals surface area contributed by atoms with Crippen molar-refractivity contribution in [1.82, 2.24) is 19.9 Å². The molecule has 0 bridgehead atoms. The average molecular weight is 426 g/mol. The molecule has 1 amide bonds. The van der Waals surface area contributed by atoms with Crippen LogP contribution in [0.15, 0.2) is 66.9 Å². The molecular formula is C22H17F3N4O2. The van der Waals surface area contributed by atoms with Gasteiger partial charge in [-0.15, -0.1) is 0 Å². The van der Waals surface area contributed by atoms with Gasteiger partial charge in [0.05, 0.1) is 19.0 Å². The van der Waals surface area contributed by atoms with Crippen molar-refractivity contribution in [1.29, 1.82) is 0 Å². The molecule has 4 rings (SSSR count). The molecule has 0 radical (unpaired) electrons. The summed E-state index contributed by atoms with van der Waals surface area (Å²) in [5.41, 5.74) is 0.134. The van der Waals surface area contributed by atoms with Crippen LogP contribution in [0.2, 0.25) is 0 Å². The minimum atomic E-state index is -4.69. The first-order chi connectivity index (χ1) is 14.9. The molecule has 31 heavy (non-hydrogen) atoms. The van der Waals surface area contributed by atoms with Gasteiger partial charge in [-0.3, -0.25) is 4.79 Å². The van der Waals surface area contributed by atoms with Crippen molar-refractivity contribution in [3.8, 4) is 17.0 Å². The lowest BCUT2D eigenvalue weighted by atomic mass is 10.1. The van der Waals surface area contributed by atoms with Crippen molar-refractivity contribution in [2.75, 3.05) is 7.11 Å². The summed E-state index contributed by atoms with van der Waals surface area (Å²) in [6.45, 7) is 0.224. The number of nitrogens with zero attached hydrogens (tertiary/aromatic N) is 3. The molecular weight excluding hydrogens is 409 g/mol. The number of nitrogens with one attached hydrogen (secondary N) is 1. The maximum absolute atomic E-state index is 13.7. The van der Waals surface area contributed by atoms with Gasteiger partial charge in [0.1, 0.15) is 11.3 Å². The van der Waals surface area contributed by atoms with Crippen LogP contribution >= 0.6 is 0 Å². The molecule has 0 aliphatic heterocycles. The van der Waals surface area contributed by atoms with E-state index in [4.69, 9.17) is 4.74 Å². The van der Waals surface area contributed by atoms with Crippen molar-refractivity contribution in [2.24, 2.45) is 0 Å². The van der Waals surface area contributed by atoms with Gasteiger partial charge in [0.25, 0.3) is 5.91 Å². The Morgan fingerprint density at radius 2 is 1.81 bits per heavy atom. The molecule has 0 unspecified atom stereocenters. The van der Waals surface area contributed by atoms with Crippen LogP contribution in [0.4, 0.5) is 13.2 Å². The zero-order chi connectivity index (χ0) is 22.0. The summed E-state index contributed by atoms with van der Waals surface area (Å²) in [6, 6.07) is 16.5. The molecule has 1 N–H and O–H groups in total. The van der Waals surface area contributed by atoms with Gasteiger partial charge in [0, 0.05) is 12.1 Å². The van der Waals surface area contributed by atoms with Gasteiger partial charge in [-0.25, -0.2) is 9.50 Å². The lowest BCUT2D eigenvalue weighted by Gasteiger charge is -2.12. The fourth-order valence-corrected chi connectivity index (χ4v) is 3.11. The highest BCUT2D eigenvalue weighted by Crippen LogP contribution is 2.33. The smallest absolute Gasteiger partial charge is 0.433 e. The first-order valence-electron chi connectivity index (χ1n) is 9.29. The predicted molar refractivity (Wildman–Crippen MR) is 108 cm³/mol. The third kappa shape index (κ3) is 4.20. The number of hydrogen-bond donors (Lipinski definition) is 1. The monoisotopic (exact) mass is 426 g/mol. The standard InChI is InChI=1S/C22H17F3N4O2/c1-31-16-9-7-15(8-10-16)18-11-19(22(23,24)25)29-20(28-18)17(13-27-29)21(30)26-12-14-5-3-2-4-6-14/h2-11,13H,12H2,1H3,(H,26,30). The van der Waals surface area contributed by atoms with Gasteiger partial charge in [-0.1, -0.05) is 30.3 Å². The number of halogens is 3. The Labute approximate surface area is 175 Å². The molecule has 9 heteroatoms. The Hall–Kier alpha value is -3.88. The van der Waals surface area contributed by atoms with E-state index in [1.54, 1.807) is 24.3 Å². The largest absolute Gasteiger partial charge is 0.497 e. The first-order valence-corrected chi connectivity index (χ1v) is 9.29. The molecule has 158 valence electrons. The number of fused-ring (bicyclic) bond motifs is 1. The normalized spacial score (nSPS) is 11.5. The number of aromatic nitrogens is 3. The molecule has 0 fully saturated rings. The summed E-state index contributed by atoms with van der Waals surface area (Å²) in [7, 11) is 1.49. The highest BCUT2D eigenvalue weighted by Gasteiger charge is 2.36. The number of alkyl halides is 3. The van der Waals surface area contributed by atoms with E-state index in [0.717, 1.165) is 17.8 Å². The molecule has 6 nitrogen and oxygen atoms in total. The second-order valence-electron chi connectivity index (χ2n) is 6.71. The highest BCUT2D eigenvalue weighted by molar-refractivity contribution is 5.99. The summed E-state index contributed by atoms with van der Waals surface area (Å²) in [4.78, 5) is 17.0. The molecule has 2 aromatic heterocycles. The summed E-state index contributed by atoms with van der Waals surface area (Å²) < 4.78 is 46.8. The highest BCUT2D eigenvalue weighted by atomic mass is 19.4. The fraction of sp³-hybridized carbons (Fsp3) is 0.136. The van der Waals surface area contributed by atoms with Gasteiger partial charge >= 0.3 is 6.18 Å². The Balaban J connectivity index is 1.75. The van der Waals surface area contributed by atoms with Crippen molar-refractivity contribution >= 4 is 11.6 Å². The molecule has 0 aliphatic carbocycles. The number of rotatable bonds is 5. The molecule has 0 aliphatic rings. The number of ether oxygens (including phenoxy) is 1. The van der Waals surface area contributed by atoms with E-state index < -0.39 is 17.8 Å². The zero-order valence-electron chi connectivity index (χ0n) is 16.3. The molecule has 0 spiro atoms. The van der Waals surface area contributed by atoms with Crippen molar-refractivity contribution in [3.63, 3.8) is 0 Å². The Bertz CT molecular complexity index is 1220. The lowest BCUT2D eigenvalue weighted by Crippen LogP contribution is -2.23. The van der Waals surface area contributed by atoms with Crippen LogP contribution in [0.3, 0.4) is 0 Å². The maximum Gasteiger partial charge on any atom is 0.433 e. The second-order valence-corrected chi connectivity index (χ2v) is 6.71. The summed E-state index contributed by atoms with van der Waals surface area (Å²) >= 11 is 0. The number of benzene rings is 2.